The van der Waals surface area contributed by atoms with Crippen LogP contribution in [0, 0.1) is 6.92 Å². The Balaban J connectivity index is 2.18. The molecule has 94 valence electrons. The zero-order valence-corrected chi connectivity index (χ0v) is 10.5. The van der Waals surface area contributed by atoms with Crippen molar-refractivity contribution in [3.63, 3.8) is 0 Å². The van der Waals surface area contributed by atoms with Crippen LogP contribution < -0.4 is 4.90 Å². The molecule has 2 rings (SSSR count). The number of rotatable bonds is 5. The van der Waals surface area contributed by atoms with Gasteiger partial charge in [-0.1, -0.05) is 6.07 Å². The van der Waals surface area contributed by atoms with Crippen LogP contribution in [0.1, 0.15) is 11.3 Å². The van der Waals surface area contributed by atoms with Crippen LogP contribution in [0.3, 0.4) is 0 Å². The Hall–Kier alpha value is -1.94. The summed E-state index contributed by atoms with van der Waals surface area (Å²) in [6.45, 7) is 3.42. The zero-order chi connectivity index (χ0) is 12.8. The summed E-state index contributed by atoms with van der Waals surface area (Å²) < 4.78 is 0. The number of aromatic nitrogens is 2. The molecule has 2 aromatic rings. The van der Waals surface area contributed by atoms with Crippen molar-refractivity contribution in [2.24, 2.45) is 0 Å². The highest BCUT2D eigenvalue weighted by molar-refractivity contribution is 5.46. The average molecular weight is 243 g/mol. The summed E-state index contributed by atoms with van der Waals surface area (Å²) in [7, 11) is 0. The van der Waals surface area contributed by atoms with E-state index in [4.69, 9.17) is 0 Å². The summed E-state index contributed by atoms with van der Waals surface area (Å²) in [6, 6.07) is 7.93. The maximum atomic E-state index is 9.17. The monoisotopic (exact) mass is 243 g/mol. The second-order valence-electron chi connectivity index (χ2n) is 4.16. The first-order valence-electron chi connectivity index (χ1n) is 5.97. The molecule has 4 heteroatoms. The summed E-state index contributed by atoms with van der Waals surface area (Å²) >= 11 is 0. The molecular weight excluding hydrogens is 226 g/mol. The van der Waals surface area contributed by atoms with Gasteiger partial charge < -0.3 is 10.0 Å². The van der Waals surface area contributed by atoms with Crippen LogP contribution in [-0.2, 0) is 6.54 Å². The fraction of sp³-hybridized carbons (Fsp3) is 0.286. The maximum Gasteiger partial charge on any atom is 0.0606 e. The largest absolute Gasteiger partial charge is 0.395 e. The quantitative estimate of drug-likeness (QED) is 0.869. The van der Waals surface area contributed by atoms with Crippen LogP contribution in [0.4, 0.5) is 5.69 Å². The number of aryl methyl sites for hydroxylation is 1. The summed E-state index contributed by atoms with van der Waals surface area (Å²) in [5, 5.41) is 9.17. The number of hydrogen-bond donors (Lipinski definition) is 1. The van der Waals surface area contributed by atoms with Crippen molar-refractivity contribution >= 4 is 5.69 Å². The van der Waals surface area contributed by atoms with E-state index in [1.165, 1.54) is 0 Å². The molecule has 0 aliphatic rings. The molecule has 0 aliphatic carbocycles. The first-order chi connectivity index (χ1) is 8.79. The molecule has 2 aromatic heterocycles. The minimum Gasteiger partial charge on any atom is -0.395 e. The topological polar surface area (TPSA) is 49.2 Å². The third-order valence-electron chi connectivity index (χ3n) is 2.71. The third kappa shape index (κ3) is 3.28. The first-order valence-corrected chi connectivity index (χ1v) is 5.97. The van der Waals surface area contributed by atoms with Gasteiger partial charge in [-0.2, -0.15) is 0 Å². The van der Waals surface area contributed by atoms with Crippen LogP contribution in [0.15, 0.2) is 42.9 Å². The van der Waals surface area contributed by atoms with Crippen molar-refractivity contribution < 1.29 is 5.11 Å². The summed E-state index contributed by atoms with van der Waals surface area (Å²) in [6.07, 6.45) is 5.40. The lowest BCUT2D eigenvalue weighted by molar-refractivity contribution is 0.301. The Morgan fingerprint density at radius 1 is 1.28 bits per heavy atom. The van der Waals surface area contributed by atoms with Gasteiger partial charge in [0.1, 0.15) is 0 Å². The van der Waals surface area contributed by atoms with Crippen molar-refractivity contribution in [3.05, 3.63) is 54.1 Å². The number of aliphatic hydroxyl groups excluding tert-OH is 1. The molecule has 2 heterocycles. The molecule has 18 heavy (non-hydrogen) atoms. The predicted octanol–water partition coefficient (Wildman–Crippen LogP) is 1.78. The van der Waals surface area contributed by atoms with E-state index in [-0.39, 0.29) is 6.61 Å². The molecule has 4 nitrogen and oxygen atoms in total. The van der Waals surface area contributed by atoms with Crippen LogP contribution in [0.2, 0.25) is 0 Å². The maximum absolute atomic E-state index is 9.17. The lowest BCUT2D eigenvalue weighted by atomic mass is 10.2. The van der Waals surface area contributed by atoms with E-state index in [2.05, 4.69) is 14.9 Å². The van der Waals surface area contributed by atoms with E-state index < -0.39 is 0 Å². The van der Waals surface area contributed by atoms with Crippen LogP contribution in [-0.4, -0.2) is 28.2 Å². The average Bonchev–Trinajstić information content (AvgIpc) is 2.39. The highest BCUT2D eigenvalue weighted by Crippen LogP contribution is 2.16. The molecular formula is C14H17N3O. The predicted molar refractivity (Wildman–Crippen MR) is 71.3 cm³/mol. The second kappa shape index (κ2) is 6.12. The Morgan fingerprint density at radius 2 is 2.17 bits per heavy atom. The van der Waals surface area contributed by atoms with Crippen LogP contribution >= 0.6 is 0 Å². The van der Waals surface area contributed by atoms with Gasteiger partial charge in [-0.25, -0.2) is 0 Å². The number of anilines is 1. The van der Waals surface area contributed by atoms with Gasteiger partial charge >= 0.3 is 0 Å². The Kier molecular flexibility index (Phi) is 4.25. The molecule has 0 saturated carbocycles. The van der Waals surface area contributed by atoms with E-state index in [1.807, 2.05) is 37.4 Å². The normalized spacial score (nSPS) is 10.3. The molecule has 0 radical (unpaired) electrons. The van der Waals surface area contributed by atoms with E-state index >= 15 is 0 Å². The van der Waals surface area contributed by atoms with Gasteiger partial charge in [0, 0.05) is 43.1 Å². The van der Waals surface area contributed by atoms with E-state index in [1.54, 1.807) is 12.4 Å². The Bertz CT molecular complexity index is 487. The van der Waals surface area contributed by atoms with Crippen LogP contribution in [0.5, 0.6) is 0 Å². The molecule has 0 fully saturated rings. The molecule has 1 N–H and O–H groups in total. The lowest BCUT2D eigenvalue weighted by Crippen LogP contribution is -2.26. The Morgan fingerprint density at radius 3 is 2.83 bits per heavy atom. The molecule has 0 aliphatic heterocycles. The SMILES string of the molecule is Cc1cc(N(CCO)Cc2cccnc2)ccn1. The summed E-state index contributed by atoms with van der Waals surface area (Å²) in [4.78, 5) is 10.4. The van der Waals surface area contributed by atoms with Gasteiger partial charge in [0.15, 0.2) is 0 Å². The highest BCUT2D eigenvalue weighted by Gasteiger charge is 2.07. The first kappa shape index (κ1) is 12.5. The number of hydrogen-bond acceptors (Lipinski definition) is 4. The van der Waals surface area contributed by atoms with Gasteiger partial charge in [0.2, 0.25) is 0 Å². The van der Waals surface area contributed by atoms with Gasteiger partial charge in [0.05, 0.1) is 6.61 Å². The van der Waals surface area contributed by atoms with Crippen LogP contribution in [0.25, 0.3) is 0 Å². The minimum atomic E-state index is 0.127. The van der Waals surface area contributed by atoms with Gasteiger partial charge in [-0.15, -0.1) is 0 Å². The van der Waals surface area contributed by atoms with E-state index in [9.17, 15) is 5.11 Å². The molecule has 0 atom stereocenters. The second-order valence-corrected chi connectivity index (χ2v) is 4.16. The van der Waals surface area contributed by atoms with Crippen molar-refractivity contribution in [1.82, 2.24) is 9.97 Å². The van der Waals surface area contributed by atoms with Crippen molar-refractivity contribution in [2.75, 3.05) is 18.1 Å². The molecule has 0 aromatic carbocycles. The molecule has 0 spiro atoms. The number of aliphatic hydroxyl groups is 1. The lowest BCUT2D eigenvalue weighted by Gasteiger charge is -2.24. The van der Waals surface area contributed by atoms with E-state index in [0.29, 0.717) is 6.54 Å². The third-order valence-corrected chi connectivity index (χ3v) is 2.71. The zero-order valence-electron chi connectivity index (χ0n) is 10.5. The smallest absolute Gasteiger partial charge is 0.0606 e. The standard InChI is InChI=1S/C14H17N3O/c1-12-9-14(4-6-16-12)17(7-8-18)11-13-3-2-5-15-10-13/h2-6,9-10,18H,7-8,11H2,1H3. The van der Waals surface area contributed by atoms with E-state index in [0.717, 1.165) is 23.5 Å². The fourth-order valence-electron chi connectivity index (χ4n) is 1.86. The molecule has 0 amide bonds. The minimum absolute atomic E-state index is 0.127. The summed E-state index contributed by atoms with van der Waals surface area (Å²) in [5.41, 5.74) is 3.17. The number of pyridine rings is 2. The Labute approximate surface area is 107 Å². The van der Waals surface area contributed by atoms with Crippen molar-refractivity contribution in [2.45, 2.75) is 13.5 Å². The fourth-order valence-corrected chi connectivity index (χ4v) is 1.86. The molecule has 0 unspecified atom stereocenters. The molecule has 0 bridgehead atoms. The molecule has 0 saturated heterocycles. The van der Waals surface area contributed by atoms with Gasteiger partial charge in [-0.05, 0) is 30.7 Å². The van der Waals surface area contributed by atoms with Crippen molar-refractivity contribution in [1.29, 1.82) is 0 Å². The van der Waals surface area contributed by atoms with Crippen molar-refractivity contribution in [3.8, 4) is 0 Å². The number of nitrogens with zero attached hydrogens (tertiary/aromatic N) is 3. The summed E-state index contributed by atoms with van der Waals surface area (Å²) in [5.74, 6) is 0. The van der Waals surface area contributed by atoms with Gasteiger partial charge in [-0.3, -0.25) is 9.97 Å². The highest BCUT2D eigenvalue weighted by atomic mass is 16.3. The van der Waals surface area contributed by atoms with Gasteiger partial charge in [0.25, 0.3) is 0 Å².